The number of aryl methyl sites for hydroxylation is 1. The first kappa shape index (κ1) is 19.5. The predicted octanol–water partition coefficient (Wildman–Crippen LogP) is 3.37. The van der Waals surface area contributed by atoms with Gasteiger partial charge in [-0.1, -0.05) is 43.3 Å². The third-order valence-corrected chi connectivity index (χ3v) is 5.60. The molecule has 3 aromatic carbocycles. The molecular weight excluding hydrogens is 382 g/mol. The number of carboxylic acids is 1. The summed E-state index contributed by atoms with van der Waals surface area (Å²) >= 11 is 0. The lowest BCUT2D eigenvalue weighted by atomic mass is 10.1. The van der Waals surface area contributed by atoms with Crippen LogP contribution in [0.5, 0.6) is 11.5 Å². The summed E-state index contributed by atoms with van der Waals surface area (Å²) in [7, 11) is -3.89. The van der Waals surface area contributed by atoms with Crippen LogP contribution >= 0.6 is 0 Å². The zero-order valence-electron chi connectivity index (χ0n) is 15.0. The summed E-state index contributed by atoms with van der Waals surface area (Å²) < 4.78 is 33.2. The summed E-state index contributed by atoms with van der Waals surface area (Å²) in [6.07, 6.45) is 0.792. The second-order valence-electron chi connectivity index (χ2n) is 6.10. The maximum absolute atomic E-state index is 12.8. The van der Waals surface area contributed by atoms with Gasteiger partial charge in [0, 0.05) is 16.8 Å². The Morgan fingerprint density at radius 2 is 1.71 bits per heavy atom. The number of fused-ring (bicyclic) bond motifs is 1. The molecule has 0 fully saturated rings. The molecule has 0 aliphatic rings. The molecule has 28 heavy (non-hydrogen) atoms. The molecule has 146 valence electrons. The molecule has 3 N–H and O–H groups in total. The number of rotatable bonds is 7. The Morgan fingerprint density at radius 1 is 1.07 bits per heavy atom. The van der Waals surface area contributed by atoms with Crippen molar-refractivity contribution in [1.82, 2.24) is 0 Å². The molecule has 0 aromatic heterocycles. The van der Waals surface area contributed by atoms with Crippen molar-refractivity contribution in [2.24, 2.45) is 0 Å². The van der Waals surface area contributed by atoms with E-state index in [2.05, 4.69) is 4.72 Å². The highest BCUT2D eigenvalue weighted by Gasteiger charge is 2.19. The van der Waals surface area contributed by atoms with Crippen molar-refractivity contribution < 1.29 is 28.2 Å². The number of carbonyl (C=O) groups is 1. The maximum Gasteiger partial charge on any atom is 0.341 e. The Bertz CT molecular complexity index is 1120. The summed E-state index contributed by atoms with van der Waals surface area (Å²) in [5.41, 5.74) is 1.19. The van der Waals surface area contributed by atoms with Crippen LogP contribution < -0.4 is 9.46 Å². The van der Waals surface area contributed by atoms with Gasteiger partial charge in [0.15, 0.2) is 18.1 Å². The van der Waals surface area contributed by atoms with Crippen LogP contribution in [-0.4, -0.2) is 31.2 Å². The highest BCUT2D eigenvalue weighted by molar-refractivity contribution is 7.92. The largest absolute Gasteiger partial charge is 0.504 e. The fraction of sp³-hybridized carbons (Fsp3) is 0.150. The number of nitrogens with one attached hydrogen (secondary N) is 1. The maximum atomic E-state index is 12.8. The van der Waals surface area contributed by atoms with Gasteiger partial charge in [-0.15, -0.1) is 0 Å². The molecule has 3 aromatic rings. The Morgan fingerprint density at radius 3 is 2.32 bits per heavy atom. The molecule has 0 radical (unpaired) electrons. The van der Waals surface area contributed by atoms with E-state index >= 15 is 0 Å². The SMILES string of the molecule is CCc1ccc(S(=O)(=O)Nc2cc(OCC(=O)O)c(O)c3ccccc23)cc1. The van der Waals surface area contributed by atoms with E-state index in [1.807, 2.05) is 6.92 Å². The first-order chi connectivity index (χ1) is 13.3. The van der Waals surface area contributed by atoms with Crippen molar-refractivity contribution in [2.45, 2.75) is 18.2 Å². The average Bonchev–Trinajstić information content (AvgIpc) is 2.69. The quantitative estimate of drug-likeness (QED) is 0.523. The van der Waals surface area contributed by atoms with Gasteiger partial charge in [0.1, 0.15) is 0 Å². The van der Waals surface area contributed by atoms with Gasteiger partial charge < -0.3 is 14.9 Å². The summed E-state index contributed by atoms with van der Waals surface area (Å²) in [6.45, 7) is 1.31. The van der Waals surface area contributed by atoms with Gasteiger partial charge in [0.2, 0.25) is 0 Å². The molecule has 0 unspecified atom stereocenters. The number of anilines is 1. The van der Waals surface area contributed by atoms with E-state index in [-0.39, 0.29) is 22.1 Å². The van der Waals surface area contributed by atoms with Gasteiger partial charge in [0.05, 0.1) is 10.6 Å². The number of benzene rings is 3. The number of hydrogen-bond donors (Lipinski definition) is 3. The van der Waals surface area contributed by atoms with Crippen molar-refractivity contribution in [1.29, 1.82) is 0 Å². The first-order valence-corrected chi connectivity index (χ1v) is 10.0. The second kappa shape index (κ2) is 7.77. The number of ether oxygens (including phenoxy) is 1. The molecule has 0 aliphatic carbocycles. The van der Waals surface area contributed by atoms with Crippen molar-refractivity contribution in [3.05, 3.63) is 60.2 Å². The zero-order chi connectivity index (χ0) is 20.3. The Hall–Kier alpha value is -3.26. The van der Waals surface area contributed by atoms with Crippen molar-refractivity contribution in [3.63, 3.8) is 0 Å². The normalized spacial score (nSPS) is 11.3. The van der Waals surface area contributed by atoms with Gasteiger partial charge in [-0.3, -0.25) is 4.72 Å². The molecule has 0 aliphatic heterocycles. The standard InChI is InChI=1S/C20H19NO6S/c1-2-13-7-9-14(10-8-13)28(25,26)21-17-11-18(27-12-19(22)23)20(24)16-6-4-3-5-15(16)17/h3-11,21,24H,2,12H2,1H3,(H,22,23). The third kappa shape index (κ3) is 4.01. The van der Waals surface area contributed by atoms with E-state index in [0.29, 0.717) is 10.8 Å². The number of hydrogen-bond acceptors (Lipinski definition) is 5. The molecule has 0 spiro atoms. The van der Waals surface area contributed by atoms with E-state index in [4.69, 9.17) is 9.84 Å². The molecule has 8 heteroatoms. The Kier molecular flexibility index (Phi) is 5.41. The summed E-state index contributed by atoms with van der Waals surface area (Å²) in [6, 6.07) is 14.4. The lowest BCUT2D eigenvalue weighted by Crippen LogP contribution is -2.14. The minimum absolute atomic E-state index is 0.0925. The number of phenols is 1. The predicted molar refractivity (Wildman–Crippen MR) is 105 cm³/mol. The van der Waals surface area contributed by atoms with Crippen LogP contribution in [0.2, 0.25) is 0 Å². The molecule has 0 amide bonds. The topological polar surface area (TPSA) is 113 Å². The zero-order valence-corrected chi connectivity index (χ0v) is 15.9. The van der Waals surface area contributed by atoms with E-state index in [9.17, 15) is 18.3 Å². The summed E-state index contributed by atoms with van der Waals surface area (Å²) in [5, 5.41) is 20.0. The van der Waals surface area contributed by atoms with Crippen LogP contribution in [0.25, 0.3) is 10.8 Å². The van der Waals surface area contributed by atoms with E-state index < -0.39 is 22.6 Å². The average molecular weight is 401 g/mol. The van der Waals surface area contributed by atoms with Gasteiger partial charge in [-0.05, 0) is 24.1 Å². The van der Waals surface area contributed by atoms with Gasteiger partial charge in [0.25, 0.3) is 10.0 Å². The van der Waals surface area contributed by atoms with Crippen LogP contribution in [0.15, 0.2) is 59.5 Å². The molecule has 7 nitrogen and oxygen atoms in total. The number of phenolic OH excluding ortho intramolecular Hbond substituents is 1. The monoisotopic (exact) mass is 401 g/mol. The molecule has 0 atom stereocenters. The van der Waals surface area contributed by atoms with E-state index in [1.165, 1.54) is 18.2 Å². The Balaban J connectivity index is 2.05. The van der Waals surface area contributed by atoms with Gasteiger partial charge in [-0.25, -0.2) is 13.2 Å². The highest BCUT2D eigenvalue weighted by Crippen LogP contribution is 2.40. The fourth-order valence-electron chi connectivity index (χ4n) is 2.78. The molecule has 0 saturated heterocycles. The van der Waals surface area contributed by atoms with Crippen LogP contribution in [0.1, 0.15) is 12.5 Å². The lowest BCUT2D eigenvalue weighted by molar-refractivity contribution is -0.139. The molecular formula is C20H19NO6S. The second-order valence-corrected chi connectivity index (χ2v) is 7.78. The number of aliphatic carboxylic acids is 1. The molecule has 0 saturated carbocycles. The molecule has 0 bridgehead atoms. The van der Waals surface area contributed by atoms with E-state index in [0.717, 1.165) is 12.0 Å². The van der Waals surface area contributed by atoms with Crippen molar-refractivity contribution >= 4 is 32.5 Å². The third-order valence-electron chi connectivity index (χ3n) is 4.22. The smallest absolute Gasteiger partial charge is 0.341 e. The number of sulfonamides is 1. The van der Waals surface area contributed by atoms with Crippen LogP contribution in [0.3, 0.4) is 0 Å². The van der Waals surface area contributed by atoms with Crippen LogP contribution in [0.4, 0.5) is 5.69 Å². The molecule has 0 heterocycles. The van der Waals surface area contributed by atoms with Crippen molar-refractivity contribution in [3.8, 4) is 11.5 Å². The minimum atomic E-state index is -3.89. The van der Waals surface area contributed by atoms with Gasteiger partial charge >= 0.3 is 5.97 Å². The highest BCUT2D eigenvalue weighted by atomic mass is 32.2. The fourth-order valence-corrected chi connectivity index (χ4v) is 3.85. The number of aromatic hydroxyl groups is 1. The minimum Gasteiger partial charge on any atom is -0.504 e. The lowest BCUT2D eigenvalue weighted by Gasteiger charge is -2.15. The first-order valence-electron chi connectivity index (χ1n) is 8.53. The van der Waals surface area contributed by atoms with E-state index in [1.54, 1.807) is 36.4 Å². The summed E-state index contributed by atoms with van der Waals surface area (Å²) in [4.78, 5) is 10.9. The van der Waals surface area contributed by atoms with Gasteiger partial charge in [-0.2, -0.15) is 0 Å². The Labute approximate surface area is 162 Å². The summed E-state index contributed by atoms with van der Waals surface area (Å²) in [5.74, 6) is -1.60. The number of carboxylic acid groups (broad SMARTS) is 1. The van der Waals surface area contributed by atoms with Crippen LogP contribution in [-0.2, 0) is 21.2 Å². The van der Waals surface area contributed by atoms with Crippen LogP contribution in [0, 0.1) is 0 Å². The van der Waals surface area contributed by atoms with Crippen molar-refractivity contribution in [2.75, 3.05) is 11.3 Å². The molecule has 3 rings (SSSR count).